The van der Waals surface area contributed by atoms with Crippen molar-refractivity contribution in [3.8, 4) is 11.3 Å². The predicted molar refractivity (Wildman–Crippen MR) is 67.5 cm³/mol. The molecule has 2 aliphatic rings. The second-order valence-electron chi connectivity index (χ2n) is 3.89. The summed E-state index contributed by atoms with van der Waals surface area (Å²) in [4.78, 5) is 20.3. The Kier molecular flexibility index (Phi) is 2.41. The van der Waals surface area contributed by atoms with Crippen molar-refractivity contribution in [1.82, 2.24) is 9.97 Å². The lowest BCUT2D eigenvalue weighted by atomic mass is 10.1. The molecule has 0 amide bonds. The van der Waals surface area contributed by atoms with E-state index >= 15 is 0 Å². The lowest BCUT2D eigenvalue weighted by Crippen LogP contribution is -2.02. The Morgan fingerprint density at radius 3 is 2.89 bits per heavy atom. The molecule has 0 radical (unpaired) electrons. The summed E-state index contributed by atoms with van der Waals surface area (Å²) in [7, 11) is 1.36. The van der Waals surface area contributed by atoms with Crippen molar-refractivity contribution in [1.29, 1.82) is 0 Å². The molecule has 1 aromatic carbocycles. The van der Waals surface area contributed by atoms with Gasteiger partial charge >= 0.3 is 5.97 Å². The van der Waals surface area contributed by atoms with Gasteiger partial charge in [0.15, 0.2) is 0 Å². The smallest absolute Gasteiger partial charge is 0.340 e. The highest BCUT2D eigenvalue weighted by Crippen LogP contribution is 2.32. The molecule has 18 heavy (non-hydrogen) atoms. The average Bonchev–Trinajstić information content (AvgIpc) is 2.64. The van der Waals surface area contributed by atoms with E-state index in [1.165, 1.54) is 13.3 Å². The van der Waals surface area contributed by atoms with Gasteiger partial charge < -0.3 is 4.74 Å². The van der Waals surface area contributed by atoms with Crippen LogP contribution < -0.4 is 0 Å². The molecule has 88 valence electrons. The van der Waals surface area contributed by atoms with E-state index in [1.54, 1.807) is 12.3 Å². The van der Waals surface area contributed by atoms with Crippen LogP contribution in [0.5, 0.6) is 0 Å². The zero-order chi connectivity index (χ0) is 12.5. The molecular formula is C14H10N2O2. The Labute approximate surface area is 104 Å². The largest absolute Gasteiger partial charge is 0.465 e. The standard InChI is InChI=1S/C14H10N2O2/c1-18-14(17)10-8-15-7-6-12-13(10)9-4-2-3-5-11(9)16-12/h2-8H,1H3. The highest BCUT2D eigenvalue weighted by atomic mass is 16.5. The minimum Gasteiger partial charge on any atom is -0.465 e. The zero-order valence-corrected chi connectivity index (χ0v) is 9.75. The fraction of sp³-hybridized carbons (Fsp3) is 0.0714. The number of fused-ring (bicyclic) bond motifs is 3. The lowest BCUT2D eigenvalue weighted by Gasteiger charge is -2.00. The second kappa shape index (κ2) is 4.07. The fourth-order valence-corrected chi connectivity index (χ4v) is 2.07. The highest BCUT2D eigenvalue weighted by molar-refractivity contribution is 6.07. The maximum absolute atomic E-state index is 11.8. The average molecular weight is 238 g/mol. The molecule has 0 N–H and O–H groups in total. The summed E-state index contributed by atoms with van der Waals surface area (Å²) in [6.45, 7) is 0. The number of para-hydroxylation sites is 1. The molecule has 0 unspecified atom stereocenters. The number of benzene rings is 1. The molecule has 1 aromatic rings. The minimum absolute atomic E-state index is 0.401. The molecule has 2 heterocycles. The van der Waals surface area contributed by atoms with Crippen LogP contribution in [0.15, 0.2) is 42.7 Å². The first-order valence-corrected chi connectivity index (χ1v) is 5.52. The van der Waals surface area contributed by atoms with Crippen molar-refractivity contribution < 1.29 is 9.53 Å². The highest BCUT2D eigenvalue weighted by Gasteiger charge is 2.19. The molecule has 0 aromatic heterocycles. The summed E-state index contributed by atoms with van der Waals surface area (Å²) in [5, 5.41) is 0.936. The van der Waals surface area contributed by atoms with Crippen LogP contribution in [-0.4, -0.2) is 23.0 Å². The van der Waals surface area contributed by atoms with Gasteiger partial charge in [0.2, 0.25) is 0 Å². The first-order valence-electron chi connectivity index (χ1n) is 5.52. The molecule has 0 atom stereocenters. The molecule has 3 rings (SSSR count). The third-order valence-corrected chi connectivity index (χ3v) is 2.87. The van der Waals surface area contributed by atoms with Crippen molar-refractivity contribution in [2.45, 2.75) is 0 Å². The van der Waals surface area contributed by atoms with E-state index < -0.39 is 5.97 Å². The van der Waals surface area contributed by atoms with E-state index in [2.05, 4.69) is 9.97 Å². The van der Waals surface area contributed by atoms with Crippen molar-refractivity contribution in [3.05, 3.63) is 48.3 Å². The summed E-state index contributed by atoms with van der Waals surface area (Å²) in [6, 6.07) is 9.50. The zero-order valence-electron chi connectivity index (χ0n) is 9.75. The lowest BCUT2D eigenvalue weighted by molar-refractivity contribution is 0.0601. The molecule has 2 aliphatic heterocycles. The third kappa shape index (κ3) is 1.50. The van der Waals surface area contributed by atoms with Gasteiger partial charge in [0, 0.05) is 23.3 Å². The number of hydrogen-bond donors (Lipinski definition) is 0. The van der Waals surface area contributed by atoms with Gasteiger partial charge in [-0.15, -0.1) is 0 Å². The molecule has 0 saturated heterocycles. The molecule has 0 aliphatic carbocycles. The Bertz CT molecular complexity index is 709. The molecule has 0 saturated carbocycles. The number of carbonyl (C=O) groups excluding carboxylic acids is 1. The van der Waals surface area contributed by atoms with Gasteiger partial charge in [-0.05, 0) is 12.1 Å². The maximum atomic E-state index is 11.8. The molecule has 0 fully saturated rings. The van der Waals surface area contributed by atoms with Gasteiger partial charge in [-0.3, -0.25) is 4.98 Å². The minimum atomic E-state index is -0.401. The normalized spacial score (nSPS) is 10.7. The van der Waals surface area contributed by atoms with Gasteiger partial charge in [0.1, 0.15) is 0 Å². The van der Waals surface area contributed by atoms with E-state index in [4.69, 9.17) is 4.74 Å². The van der Waals surface area contributed by atoms with Crippen LogP contribution in [0.25, 0.3) is 22.2 Å². The first-order chi connectivity index (χ1) is 8.81. The molecular weight excluding hydrogens is 228 g/mol. The van der Waals surface area contributed by atoms with Crippen molar-refractivity contribution >= 4 is 16.9 Å². The molecule has 4 heteroatoms. The maximum Gasteiger partial charge on any atom is 0.340 e. The van der Waals surface area contributed by atoms with Gasteiger partial charge in [-0.25, -0.2) is 9.78 Å². The van der Waals surface area contributed by atoms with Crippen molar-refractivity contribution in [2.75, 3.05) is 7.11 Å². The summed E-state index contributed by atoms with van der Waals surface area (Å²) in [5.74, 6) is -0.401. The Hall–Kier alpha value is -2.49. The molecule has 4 nitrogen and oxygen atoms in total. The van der Waals surface area contributed by atoms with Crippen LogP contribution in [-0.2, 0) is 4.74 Å². The molecule has 0 bridgehead atoms. The van der Waals surface area contributed by atoms with Crippen LogP contribution in [0.4, 0.5) is 0 Å². The van der Waals surface area contributed by atoms with E-state index in [0.29, 0.717) is 5.56 Å². The third-order valence-electron chi connectivity index (χ3n) is 2.87. The number of rotatable bonds is 1. The van der Waals surface area contributed by atoms with Crippen molar-refractivity contribution in [3.63, 3.8) is 0 Å². The van der Waals surface area contributed by atoms with E-state index in [9.17, 15) is 4.79 Å². The van der Waals surface area contributed by atoms with Gasteiger partial charge in [0.05, 0.1) is 23.9 Å². The summed E-state index contributed by atoms with van der Waals surface area (Å²) < 4.78 is 4.80. The van der Waals surface area contributed by atoms with Gasteiger partial charge in [-0.2, -0.15) is 0 Å². The topological polar surface area (TPSA) is 52.1 Å². The quantitative estimate of drug-likeness (QED) is 0.611. The van der Waals surface area contributed by atoms with Crippen LogP contribution in [0, 0.1) is 0 Å². The summed E-state index contributed by atoms with van der Waals surface area (Å²) >= 11 is 0. The number of esters is 1. The Morgan fingerprint density at radius 1 is 1.22 bits per heavy atom. The van der Waals surface area contributed by atoms with E-state index in [1.807, 2.05) is 24.3 Å². The monoisotopic (exact) mass is 238 g/mol. The first kappa shape index (κ1) is 10.7. The number of methoxy groups -OCH3 is 1. The predicted octanol–water partition coefficient (Wildman–Crippen LogP) is 2.52. The van der Waals surface area contributed by atoms with Gasteiger partial charge in [-0.1, -0.05) is 18.2 Å². The van der Waals surface area contributed by atoms with Gasteiger partial charge in [0.25, 0.3) is 0 Å². The number of carbonyl (C=O) groups is 1. The Morgan fingerprint density at radius 2 is 2.06 bits per heavy atom. The SMILES string of the molecule is COC(=O)c1cnccc2nc3ccccc3c1-2. The second-order valence-corrected chi connectivity index (χ2v) is 3.89. The van der Waals surface area contributed by atoms with Crippen LogP contribution in [0.2, 0.25) is 0 Å². The van der Waals surface area contributed by atoms with Crippen LogP contribution >= 0.6 is 0 Å². The van der Waals surface area contributed by atoms with E-state index in [0.717, 1.165) is 22.2 Å². The summed E-state index contributed by atoms with van der Waals surface area (Å²) in [5.41, 5.74) is 2.83. The molecule has 0 spiro atoms. The summed E-state index contributed by atoms with van der Waals surface area (Å²) in [6.07, 6.45) is 3.14. The van der Waals surface area contributed by atoms with Crippen LogP contribution in [0.1, 0.15) is 10.4 Å². The Balaban J connectivity index is 2.44. The van der Waals surface area contributed by atoms with E-state index in [-0.39, 0.29) is 0 Å². The number of nitrogens with zero attached hydrogens (tertiary/aromatic N) is 2. The van der Waals surface area contributed by atoms with Crippen molar-refractivity contribution in [2.24, 2.45) is 0 Å². The number of hydrogen-bond acceptors (Lipinski definition) is 4. The van der Waals surface area contributed by atoms with Crippen LogP contribution in [0.3, 0.4) is 0 Å². The fourth-order valence-electron chi connectivity index (χ4n) is 2.07. The number of ether oxygens (including phenoxy) is 1. The number of aromatic nitrogens is 2.